The van der Waals surface area contributed by atoms with Crippen molar-refractivity contribution < 1.29 is 5.32 Å². The first kappa shape index (κ1) is 7.70. The predicted molar refractivity (Wildman–Crippen MR) is 36.5 cm³/mol. The van der Waals surface area contributed by atoms with E-state index >= 15 is 0 Å². The minimum absolute atomic E-state index is 0.340. The first-order valence-corrected chi connectivity index (χ1v) is 3.03. The molecule has 0 aliphatic carbocycles. The fraction of sp³-hybridized carbons (Fsp3) is 0.714. The summed E-state index contributed by atoms with van der Waals surface area (Å²) >= 11 is 0. The normalized spacial score (nSPS) is 13.0. The maximum absolute atomic E-state index is 2.19. The largest absolute Gasteiger partial charge is 0.316 e. The number of quaternary nitrogens is 1. The third kappa shape index (κ3) is 5.70. The predicted octanol–water partition coefficient (Wildman–Crippen LogP) is 0.882. The lowest BCUT2D eigenvalue weighted by molar-refractivity contribution is -0.657. The van der Waals surface area contributed by atoms with E-state index in [1.807, 2.05) is 13.0 Å². The van der Waals surface area contributed by atoms with Gasteiger partial charge in [0.2, 0.25) is 0 Å². The van der Waals surface area contributed by atoms with Gasteiger partial charge in [-0.05, 0) is 33.8 Å². The molecular formula is C7H16N+. The quantitative estimate of drug-likeness (QED) is 0.521. The van der Waals surface area contributed by atoms with Crippen molar-refractivity contribution in [2.75, 3.05) is 0 Å². The maximum Gasteiger partial charge on any atom is 0.0917 e. The number of nitrogens with two attached hydrogens (primary N) is 1. The van der Waals surface area contributed by atoms with Gasteiger partial charge in [-0.3, -0.25) is 0 Å². The second kappa shape index (κ2) is 2.88. The molecule has 0 aromatic heterocycles. The first-order valence-electron chi connectivity index (χ1n) is 3.03. The molecule has 0 bridgehead atoms. The first-order chi connectivity index (χ1) is 3.56. The van der Waals surface area contributed by atoms with Gasteiger partial charge in [-0.15, -0.1) is 0 Å². The average Bonchev–Trinajstić information content (AvgIpc) is 1.59. The lowest BCUT2D eigenvalue weighted by Gasteiger charge is -2.12. The Balaban J connectivity index is 3.39. The fourth-order valence-corrected chi connectivity index (χ4v) is 0.385. The minimum Gasteiger partial charge on any atom is -0.316 e. The standard InChI is InChI=1S/C7H15N/c1-5-6-8-7(2,3)4/h5-6,8H,1-4H3/p+1/b6-5+. The molecule has 0 aromatic rings. The van der Waals surface area contributed by atoms with Gasteiger partial charge in [0.05, 0.1) is 11.7 Å². The molecule has 0 radical (unpaired) electrons. The summed E-state index contributed by atoms with van der Waals surface area (Å²) in [5, 5.41) is 2.19. The molecule has 8 heavy (non-hydrogen) atoms. The van der Waals surface area contributed by atoms with Crippen molar-refractivity contribution in [2.45, 2.75) is 33.2 Å². The Hall–Kier alpha value is -0.300. The van der Waals surface area contributed by atoms with Crippen LogP contribution in [-0.4, -0.2) is 5.54 Å². The monoisotopic (exact) mass is 114 g/mol. The maximum atomic E-state index is 2.19. The highest BCUT2D eigenvalue weighted by molar-refractivity contribution is 4.65. The van der Waals surface area contributed by atoms with Gasteiger partial charge in [-0.25, -0.2) is 0 Å². The van der Waals surface area contributed by atoms with Crippen molar-refractivity contribution >= 4 is 0 Å². The van der Waals surface area contributed by atoms with E-state index in [-0.39, 0.29) is 0 Å². The smallest absolute Gasteiger partial charge is 0.0917 e. The third-order valence-electron chi connectivity index (χ3n) is 0.789. The van der Waals surface area contributed by atoms with Crippen LogP contribution in [0.4, 0.5) is 0 Å². The van der Waals surface area contributed by atoms with Crippen LogP contribution >= 0.6 is 0 Å². The summed E-state index contributed by atoms with van der Waals surface area (Å²) in [4.78, 5) is 0. The van der Waals surface area contributed by atoms with Gasteiger partial charge in [0.15, 0.2) is 0 Å². The van der Waals surface area contributed by atoms with Crippen molar-refractivity contribution in [3.8, 4) is 0 Å². The summed E-state index contributed by atoms with van der Waals surface area (Å²) < 4.78 is 0. The van der Waals surface area contributed by atoms with E-state index in [9.17, 15) is 0 Å². The number of hydrogen-bond donors (Lipinski definition) is 1. The zero-order chi connectivity index (χ0) is 6.62. The summed E-state index contributed by atoms with van der Waals surface area (Å²) in [7, 11) is 0. The van der Waals surface area contributed by atoms with Crippen LogP contribution in [0.1, 0.15) is 27.7 Å². The number of hydrogen-bond acceptors (Lipinski definition) is 0. The minimum atomic E-state index is 0.340. The molecule has 0 saturated carbocycles. The molecule has 0 saturated heterocycles. The average molecular weight is 114 g/mol. The highest BCUT2D eigenvalue weighted by Gasteiger charge is 2.08. The van der Waals surface area contributed by atoms with E-state index in [1.54, 1.807) is 0 Å². The SMILES string of the molecule is C/C=C/[NH2+]C(C)(C)C. The Morgan fingerprint density at radius 1 is 1.25 bits per heavy atom. The van der Waals surface area contributed by atoms with Gasteiger partial charge < -0.3 is 5.32 Å². The van der Waals surface area contributed by atoms with E-state index in [2.05, 4.69) is 32.3 Å². The topological polar surface area (TPSA) is 16.6 Å². The third-order valence-corrected chi connectivity index (χ3v) is 0.789. The van der Waals surface area contributed by atoms with Crippen molar-refractivity contribution in [3.05, 3.63) is 12.3 Å². The van der Waals surface area contributed by atoms with E-state index in [4.69, 9.17) is 0 Å². The second-order valence-electron chi connectivity index (χ2n) is 3.06. The highest BCUT2D eigenvalue weighted by Crippen LogP contribution is 1.87. The highest BCUT2D eigenvalue weighted by atomic mass is 14.9. The molecule has 1 nitrogen and oxygen atoms in total. The van der Waals surface area contributed by atoms with Crippen LogP contribution in [0.25, 0.3) is 0 Å². The van der Waals surface area contributed by atoms with Crippen molar-refractivity contribution in [1.29, 1.82) is 0 Å². The van der Waals surface area contributed by atoms with E-state index in [1.165, 1.54) is 0 Å². The van der Waals surface area contributed by atoms with E-state index in [0.29, 0.717) is 5.54 Å². The molecule has 2 N–H and O–H groups in total. The number of rotatable bonds is 1. The molecule has 0 aliphatic rings. The molecular weight excluding hydrogens is 98.1 g/mol. The molecule has 0 amide bonds. The van der Waals surface area contributed by atoms with E-state index < -0.39 is 0 Å². The van der Waals surface area contributed by atoms with Crippen LogP contribution in [0.5, 0.6) is 0 Å². The van der Waals surface area contributed by atoms with Crippen molar-refractivity contribution in [1.82, 2.24) is 0 Å². The van der Waals surface area contributed by atoms with Gasteiger partial charge in [0.25, 0.3) is 0 Å². The lowest BCUT2D eigenvalue weighted by Crippen LogP contribution is -2.89. The summed E-state index contributed by atoms with van der Waals surface area (Å²) in [6.07, 6.45) is 4.13. The van der Waals surface area contributed by atoms with Gasteiger partial charge >= 0.3 is 0 Å². The Morgan fingerprint density at radius 3 is 1.88 bits per heavy atom. The van der Waals surface area contributed by atoms with Crippen LogP contribution in [0, 0.1) is 0 Å². The summed E-state index contributed by atoms with van der Waals surface area (Å²) in [6, 6.07) is 0. The number of allylic oxidation sites excluding steroid dienone is 1. The molecule has 0 rings (SSSR count). The fourth-order valence-electron chi connectivity index (χ4n) is 0.385. The molecule has 0 atom stereocenters. The molecule has 0 fully saturated rings. The van der Waals surface area contributed by atoms with Crippen LogP contribution in [0.3, 0.4) is 0 Å². The van der Waals surface area contributed by atoms with E-state index in [0.717, 1.165) is 0 Å². The molecule has 0 unspecified atom stereocenters. The zero-order valence-corrected chi connectivity index (χ0v) is 6.23. The molecule has 0 aromatic carbocycles. The van der Waals surface area contributed by atoms with Crippen LogP contribution in [0.15, 0.2) is 12.3 Å². The molecule has 0 spiro atoms. The van der Waals surface area contributed by atoms with Crippen molar-refractivity contribution in [2.24, 2.45) is 0 Å². The zero-order valence-electron chi connectivity index (χ0n) is 6.23. The van der Waals surface area contributed by atoms with Gasteiger partial charge in [0, 0.05) is 0 Å². The van der Waals surface area contributed by atoms with Crippen LogP contribution in [-0.2, 0) is 0 Å². The van der Waals surface area contributed by atoms with Gasteiger partial charge in [0.1, 0.15) is 0 Å². The molecule has 1 heteroatoms. The second-order valence-corrected chi connectivity index (χ2v) is 3.06. The van der Waals surface area contributed by atoms with Crippen LogP contribution in [0.2, 0.25) is 0 Å². The molecule has 0 aliphatic heterocycles. The summed E-state index contributed by atoms with van der Waals surface area (Å²) in [5.41, 5.74) is 0.340. The molecule has 48 valence electrons. The van der Waals surface area contributed by atoms with Gasteiger partial charge in [-0.2, -0.15) is 0 Å². The van der Waals surface area contributed by atoms with Crippen LogP contribution < -0.4 is 5.32 Å². The summed E-state index contributed by atoms with van der Waals surface area (Å²) in [6.45, 7) is 8.59. The molecule has 0 heterocycles. The van der Waals surface area contributed by atoms with Crippen molar-refractivity contribution in [3.63, 3.8) is 0 Å². The summed E-state index contributed by atoms with van der Waals surface area (Å²) in [5.74, 6) is 0. The Kier molecular flexibility index (Phi) is 2.77. The lowest BCUT2D eigenvalue weighted by atomic mass is 10.1. The van der Waals surface area contributed by atoms with Gasteiger partial charge in [-0.1, -0.05) is 0 Å². The Bertz CT molecular complexity index is 76.9. The Labute approximate surface area is 51.8 Å². The Morgan fingerprint density at radius 2 is 1.75 bits per heavy atom.